The fourth-order valence-corrected chi connectivity index (χ4v) is 1.93. The zero-order valence-corrected chi connectivity index (χ0v) is 11.3. The summed E-state index contributed by atoms with van der Waals surface area (Å²) in [6, 6.07) is 14.4. The average molecular weight is 257 g/mol. The minimum absolute atomic E-state index is 0.592. The SMILES string of the molecule is CC(C)(CCNc1ccc2ccccc2c1)C(=O)O. The van der Waals surface area contributed by atoms with E-state index in [0.717, 1.165) is 5.69 Å². The van der Waals surface area contributed by atoms with E-state index in [4.69, 9.17) is 5.11 Å². The van der Waals surface area contributed by atoms with Crippen LogP contribution < -0.4 is 5.32 Å². The molecule has 2 aromatic carbocycles. The van der Waals surface area contributed by atoms with Crippen molar-refractivity contribution in [2.75, 3.05) is 11.9 Å². The quantitative estimate of drug-likeness (QED) is 0.857. The Bertz CT molecular complexity index is 590. The van der Waals surface area contributed by atoms with E-state index in [1.165, 1.54) is 10.8 Å². The zero-order valence-electron chi connectivity index (χ0n) is 11.3. The molecule has 0 fully saturated rings. The third-order valence-corrected chi connectivity index (χ3v) is 3.41. The lowest BCUT2D eigenvalue weighted by Gasteiger charge is -2.19. The van der Waals surface area contributed by atoms with Crippen molar-refractivity contribution in [3.63, 3.8) is 0 Å². The van der Waals surface area contributed by atoms with E-state index in [-0.39, 0.29) is 0 Å². The van der Waals surface area contributed by atoms with Gasteiger partial charge in [0.05, 0.1) is 5.41 Å². The third kappa shape index (κ3) is 3.25. The highest BCUT2D eigenvalue weighted by molar-refractivity contribution is 5.85. The van der Waals surface area contributed by atoms with Crippen LogP contribution in [0.1, 0.15) is 20.3 Å². The number of aliphatic carboxylic acids is 1. The monoisotopic (exact) mass is 257 g/mol. The normalized spacial score (nSPS) is 11.5. The second kappa shape index (κ2) is 5.31. The van der Waals surface area contributed by atoms with Crippen molar-refractivity contribution in [2.45, 2.75) is 20.3 Å². The van der Waals surface area contributed by atoms with Gasteiger partial charge in [-0.15, -0.1) is 0 Å². The van der Waals surface area contributed by atoms with Crippen molar-refractivity contribution in [1.29, 1.82) is 0 Å². The minimum Gasteiger partial charge on any atom is -0.481 e. The van der Waals surface area contributed by atoms with E-state index in [0.29, 0.717) is 13.0 Å². The Morgan fingerprint density at radius 1 is 1.16 bits per heavy atom. The number of anilines is 1. The van der Waals surface area contributed by atoms with Crippen molar-refractivity contribution >= 4 is 22.4 Å². The third-order valence-electron chi connectivity index (χ3n) is 3.41. The number of carbonyl (C=O) groups is 1. The van der Waals surface area contributed by atoms with Gasteiger partial charge >= 0.3 is 5.97 Å². The molecule has 2 rings (SSSR count). The molecule has 0 radical (unpaired) electrons. The van der Waals surface area contributed by atoms with Gasteiger partial charge in [-0.05, 0) is 43.2 Å². The van der Waals surface area contributed by atoms with E-state index in [1.54, 1.807) is 13.8 Å². The highest BCUT2D eigenvalue weighted by atomic mass is 16.4. The molecule has 0 saturated heterocycles. The summed E-state index contributed by atoms with van der Waals surface area (Å²) < 4.78 is 0. The molecule has 3 heteroatoms. The first-order valence-corrected chi connectivity index (χ1v) is 6.45. The summed E-state index contributed by atoms with van der Waals surface area (Å²) in [4.78, 5) is 11.0. The topological polar surface area (TPSA) is 49.3 Å². The van der Waals surface area contributed by atoms with Gasteiger partial charge in [-0.25, -0.2) is 0 Å². The number of carboxylic acid groups (broad SMARTS) is 1. The number of rotatable bonds is 5. The lowest BCUT2D eigenvalue weighted by molar-refractivity contribution is -0.147. The Morgan fingerprint density at radius 2 is 1.84 bits per heavy atom. The zero-order chi connectivity index (χ0) is 13.9. The summed E-state index contributed by atoms with van der Waals surface area (Å²) in [5.41, 5.74) is 0.337. The summed E-state index contributed by atoms with van der Waals surface area (Å²) >= 11 is 0. The van der Waals surface area contributed by atoms with Gasteiger partial charge in [-0.2, -0.15) is 0 Å². The Hall–Kier alpha value is -2.03. The molecule has 0 spiro atoms. The molecule has 2 N–H and O–H groups in total. The molecule has 0 heterocycles. The van der Waals surface area contributed by atoms with Gasteiger partial charge in [0.1, 0.15) is 0 Å². The highest BCUT2D eigenvalue weighted by Gasteiger charge is 2.26. The standard InChI is InChI=1S/C16H19NO2/c1-16(2,15(18)19)9-10-17-14-8-7-12-5-3-4-6-13(12)11-14/h3-8,11,17H,9-10H2,1-2H3,(H,18,19). The van der Waals surface area contributed by atoms with Crippen molar-refractivity contribution in [2.24, 2.45) is 5.41 Å². The second-order valence-corrected chi connectivity index (χ2v) is 5.43. The van der Waals surface area contributed by atoms with Crippen LogP contribution >= 0.6 is 0 Å². The van der Waals surface area contributed by atoms with Crippen LogP contribution in [0.2, 0.25) is 0 Å². The van der Waals surface area contributed by atoms with Crippen molar-refractivity contribution in [3.8, 4) is 0 Å². The van der Waals surface area contributed by atoms with E-state index >= 15 is 0 Å². The summed E-state index contributed by atoms with van der Waals surface area (Å²) in [6.45, 7) is 4.15. The van der Waals surface area contributed by atoms with Crippen LogP contribution in [0.15, 0.2) is 42.5 Å². The molecule has 0 aromatic heterocycles. The minimum atomic E-state index is -0.757. The first kappa shape index (κ1) is 13.4. The van der Waals surface area contributed by atoms with Gasteiger partial charge in [0.15, 0.2) is 0 Å². The van der Waals surface area contributed by atoms with Gasteiger partial charge < -0.3 is 10.4 Å². The number of benzene rings is 2. The Labute approximate surface area is 113 Å². The maximum absolute atomic E-state index is 11.0. The van der Waals surface area contributed by atoms with Crippen LogP contribution in [0.25, 0.3) is 10.8 Å². The van der Waals surface area contributed by atoms with Crippen LogP contribution in [0.5, 0.6) is 0 Å². The maximum atomic E-state index is 11.0. The molecular weight excluding hydrogens is 238 g/mol. The molecule has 19 heavy (non-hydrogen) atoms. The fourth-order valence-electron chi connectivity index (χ4n) is 1.93. The number of nitrogens with one attached hydrogen (secondary N) is 1. The molecule has 0 unspecified atom stereocenters. The lowest BCUT2D eigenvalue weighted by Crippen LogP contribution is -2.26. The van der Waals surface area contributed by atoms with Crippen molar-refractivity contribution in [3.05, 3.63) is 42.5 Å². The molecule has 0 bridgehead atoms. The molecule has 0 saturated carbocycles. The summed E-state index contributed by atoms with van der Waals surface area (Å²) in [5.74, 6) is -0.757. The van der Waals surface area contributed by atoms with Gasteiger partial charge in [0.2, 0.25) is 0 Å². The molecule has 100 valence electrons. The summed E-state index contributed by atoms with van der Waals surface area (Å²) in [7, 11) is 0. The fraction of sp³-hybridized carbons (Fsp3) is 0.312. The van der Waals surface area contributed by atoms with Crippen LogP contribution in [-0.2, 0) is 4.79 Å². The van der Waals surface area contributed by atoms with Crippen LogP contribution in [-0.4, -0.2) is 17.6 Å². The van der Waals surface area contributed by atoms with E-state index in [1.807, 2.05) is 18.2 Å². The predicted molar refractivity (Wildman–Crippen MR) is 78.5 cm³/mol. The number of carboxylic acids is 1. The van der Waals surface area contributed by atoms with Crippen LogP contribution in [0, 0.1) is 5.41 Å². The molecule has 0 amide bonds. The average Bonchev–Trinajstić information content (AvgIpc) is 2.38. The van der Waals surface area contributed by atoms with E-state index in [2.05, 4.69) is 29.6 Å². The smallest absolute Gasteiger partial charge is 0.309 e. The second-order valence-electron chi connectivity index (χ2n) is 5.43. The van der Waals surface area contributed by atoms with Crippen molar-refractivity contribution in [1.82, 2.24) is 0 Å². The maximum Gasteiger partial charge on any atom is 0.309 e. The summed E-state index contributed by atoms with van der Waals surface area (Å²) in [6.07, 6.45) is 0.592. The molecule has 0 aliphatic heterocycles. The highest BCUT2D eigenvalue weighted by Crippen LogP contribution is 2.22. The van der Waals surface area contributed by atoms with Crippen molar-refractivity contribution < 1.29 is 9.90 Å². The summed E-state index contributed by atoms with van der Waals surface area (Å²) in [5, 5.41) is 14.7. The molecular formula is C16H19NO2. The molecule has 0 aliphatic rings. The van der Waals surface area contributed by atoms with Gasteiger partial charge in [0, 0.05) is 12.2 Å². The molecule has 0 aliphatic carbocycles. The first-order chi connectivity index (χ1) is 8.99. The largest absolute Gasteiger partial charge is 0.481 e. The molecule has 3 nitrogen and oxygen atoms in total. The van der Waals surface area contributed by atoms with E-state index < -0.39 is 11.4 Å². The lowest BCUT2D eigenvalue weighted by atomic mass is 9.90. The number of hydrogen-bond acceptors (Lipinski definition) is 2. The van der Waals surface area contributed by atoms with Gasteiger partial charge in [-0.3, -0.25) is 4.79 Å². The predicted octanol–water partition coefficient (Wildman–Crippen LogP) is 3.75. The van der Waals surface area contributed by atoms with Crippen LogP contribution in [0.4, 0.5) is 5.69 Å². The Morgan fingerprint density at radius 3 is 2.53 bits per heavy atom. The van der Waals surface area contributed by atoms with Crippen LogP contribution in [0.3, 0.4) is 0 Å². The Kier molecular flexibility index (Phi) is 3.74. The van der Waals surface area contributed by atoms with Gasteiger partial charge in [-0.1, -0.05) is 30.3 Å². The molecule has 0 atom stereocenters. The number of hydrogen-bond donors (Lipinski definition) is 2. The number of fused-ring (bicyclic) bond motifs is 1. The van der Waals surface area contributed by atoms with E-state index in [9.17, 15) is 4.79 Å². The van der Waals surface area contributed by atoms with Gasteiger partial charge in [0.25, 0.3) is 0 Å². The first-order valence-electron chi connectivity index (χ1n) is 6.45. The molecule has 2 aromatic rings. The Balaban J connectivity index is 2.00.